The molecule has 1 aromatic carbocycles. The summed E-state index contributed by atoms with van der Waals surface area (Å²) in [6.45, 7) is 12.1. The number of methoxy groups -OCH3 is 1. The van der Waals surface area contributed by atoms with Crippen molar-refractivity contribution < 1.29 is 19.3 Å². The quantitative estimate of drug-likeness (QED) is 0.617. The third-order valence-electron chi connectivity index (χ3n) is 4.83. The zero-order chi connectivity index (χ0) is 16.8. The average Bonchev–Trinajstić information content (AvgIpc) is 2.55. The van der Waals surface area contributed by atoms with Crippen LogP contribution in [0, 0.1) is 6.92 Å². The van der Waals surface area contributed by atoms with E-state index in [1.807, 2.05) is 13.8 Å². The van der Waals surface area contributed by atoms with Gasteiger partial charge in [0, 0.05) is 12.1 Å². The number of hydrogen-bond acceptors (Lipinski definition) is 2. The van der Waals surface area contributed by atoms with Crippen LogP contribution >= 0.6 is 0 Å². The maximum atomic E-state index is 12.0. The minimum Gasteiger partial charge on any atom is -0.496 e. The summed E-state index contributed by atoms with van der Waals surface area (Å²) in [6.07, 6.45) is 0. The van der Waals surface area contributed by atoms with Gasteiger partial charge in [-0.3, -0.25) is 4.79 Å². The number of likely N-dealkylation sites (N-methyl/N-ethyl adjacent to an activating group) is 1. The van der Waals surface area contributed by atoms with Crippen molar-refractivity contribution in [2.24, 2.45) is 0 Å². The molecule has 0 saturated carbocycles. The van der Waals surface area contributed by atoms with E-state index >= 15 is 0 Å². The number of nitrogens with one attached hydrogen (secondary N) is 3. The molecule has 2 rings (SSSR count). The molecule has 1 atom stereocenters. The van der Waals surface area contributed by atoms with Crippen LogP contribution < -0.4 is 19.9 Å². The first-order chi connectivity index (χ1) is 11.0. The van der Waals surface area contributed by atoms with Gasteiger partial charge in [-0.1, -0.05) is 11.6 Å². The van der Waals surface area contributed by atoms with Gasteiger partial charge in [-0.2, -0.15) is 0 Å². The van der Waals surface area contributed by atoms with Crippen molar-refractivity contribution in [2.45, 2.75) is 33.4 Å². The standard InChI is InChI=1S/C18H29N3O2/c1-5-19-18(22)15(3)21-10-8-20(9-11-21)13-16-12-14(2)6-7-17(16)23-4/h6-7,12,15H,5,8-11,13H2,1-4H3,(H,19,22)/p+2/t15-/m1/s1. The molecule has 1 heterocycles. The second-order valence-corrected chi connectivity index (χ2v) is 6.52. The highest BCUT2D eigenvalue weighted by Crippen LogP contribution is 2.18. The summed E-state index contributed by atoms with van der Waals surface area (Å²) < 4.78 is 5.49. The zero-order valence-electron chi connectivity index (χ0n) is 14.9. The Labute approximate surface area is 139 Å². The third-order valence-corrected chi connectivity index (χ3v) is 4.83. The van der Waals surface area contributed by atoms with Crippen molar-refractivity contribution in [1.82, 2.24) is 5.32 Å². The molecule has 1 aliphatic rings. The number of piperazine rings is 1. The molecule has 1 aliphatic heterocycles. The van der Waals surface area contributed by atoms with E-state index in [0.717, 1.165) is 38.5 Å². The number of amides is 1. The molecular weight excluding hydrogens is 290 g/mol. The van der Waals surface area contributed by atoms with Crippen LogP contribution in [0.2, 0.25) is 0 Å². The summed E-state index contributed by atoms with van der Waals surface area (Å²) in [5.41, 5.74) is 2.55. The van der Waals surface area contributed by atoms with Crippen molar-refractivity contribution in [3.8, 4) is 5.75 Å². The van der Waals surface area contributed by atoms with E-state index in [1.165, 1.54) is 16.0 Å². The number of hydrogen-bond donors (Lipinski definition) is 3. The Morgan fingerprint density at radius 1 is 1.30 bits per heavy atom. The Kier molecular flexibility index (Phi) is 6.42. The lowest BCUT2D eigenvalue weighted by atomic mass is 10.1. The molecular formula is C18H31N3O2+2. The highest BCUT2D eigenvalue weighted by atomic mass is 16.5. The first-order valence-electron chi connectivity index (χ1n) is 8.64. The smallest absolute Gasteiger partial charge is 0.278 e. The molecule has 0 radical (unpaired) electrons. The minimum absolute atomic E-state index is 0.0463. The lowest BCUT2D eigenvalue weighted by Gasteiger charge is -2.32. The van der Waals surface area contributed by atoms with Crippen molar-refractivity contribution in [3.05, 3.63) is 29.3 Å². The Hall–Kier alpha value is -1.59. The van der Waals surface area contributed by atoms with E-state index in [-0.39, 0.29) is 11.9 Å². The first kappa shape index (κ1) is 17.8. The minimum atomic E-state index is 0.0463. The average molecular weight is 321 g/mol. The van der Waals surface area contributed by atoms with E-state index in [9.17, 15) is 4.79 Å². The predicted molar refractivity (Wildman–Crippen MR) is 91.0 cm³/mol. The molecule has 0 unspecified atom stereocenters. The van der Waals surface area contributed by atoms with E-state index in [2.05, 4.69) is 30.4 Å². The second-order valence-electron chi connectivity index (χ2n) is 6.52. The summed E-state index contributed by atoms with van der Waals surface area (Å²) in [6, 6.07) is 6.42. The summed E-state index contributed by atoms with van der Waals surface area (Å²) in [5, 5.41) is 2.93. The van der Waals surface area contributed by atoms with E-state index in [4.69, 9.17) is 4.74 Å². The van der Waals surface area contributed by atoms with Gasteiger partial charge >= 0.3 is 0 Å². The highest BCUT2D eigenvalue weighted by molar-refractivity contribution is 5.79. The SMILES string of the molecule is CCNC(=O)[C@@H](C)[NH+]1CC[NH+](Cc2cc(C)ccc2OC)CC1. The van der Waals surface area contributed by atoms with Gasteiger partial charge in [0.05, 0.1) is 7.11 Å². The summed E-state index contributed by atoms with van der Waals surface area (Å²) in [4.78, 5) is 14.9. The van der Waals surface area contributed by atoms with Crippen LogP contribution in [-0.4, -0.2) is 51.8 Å². The van der Waals surface area contributed by atoms with Gasteiger partial charge < -0.3 is 19.9 Å². The molecule has 5 heteroatoms. The fraction of sp³-hybridized carbons (Fsp3) is 0.611. The van der Waals surface area contributed by atoms with E-state index in [0.29, 0.717) is 6.54 Å². The second kappa shape index (κ2) is 8.31. The Balaban J connectivity index is 1.90. The Morgan fingerprint density at radius 3 is 2.61 bits per heavy atom. The fourth-order valence-corrected chi connectivity index (χ4v) is 3.36. The van der Waals surface area contributed by atoms with Gasteiger partial charge in [-0.15, -0.1) is 0 Å². The van der Waals surface area contributed by atoms with Crippen molar-refractivity contribution in [1.29, 1.82) is 0 Å². The molecule has 1 saturated heterocycles. The van der Waals surface area contributed by atoms with Crippen molar-refractivity contribution in [3.63, 3.8) is 0 Å². The van der Waals surface area contributed by atoms with E-state index in [1.54, 1.807) is 12.0 Å². The van der Waals surface area contributed by atoms with Crippen molar-refractivity contribution >= 4 is 5.91 Å². The summed E-state index contributed by atoms with van der Waals surface area (Å²) >= 11 is 0. The Bertz CT molecular complexity index is 525. The Morgan fingerprint density at radius 2 is 2.00 bits per heavy atom. The topological polar surface area (TPSA) is 47.2 Å². The van der Waals surface area contributed by atoms with Gasteiger partial charge in [0.15, 0.2) is 6.04 Å². The van der Waals surface area contributed by atoms with E-state index < -0.39 is 0 Å². The molecule has 0 aromatic heterocycles. The fourth-order valence-electron chi connectivity index (χ4n) is 3.36. The zero-order valence-corrected chi connectivity index (χ0v) is 14.9. The molecule has 128 valence electrons. The third kappa shape index (κ3) is 4.69. The van der Waals surface area contributed by atoms with Gasteiger partial charge in [0.25, 0.3) is 5.91 Å². The molecule has 0 spiro atoms. The molecule has 1 fully saturated rings. The molecule has 1 amide bonds. The molecule has 3 N–H and O–H groups in total. The van der Waals surface area contributed by atoms with Crippen LogP contribution in [0.15, 0.2) is 18.2 Å². The lowest BCUT2D eigenvalue weighted by Crippen LogP contribution is -3.29. The van der Waals surface area contributed by atoms with Crippen LogP contribution in [0.25, 0.3) is 0 Å². The number of aryl methyl sites for hydroxylation is 1. The number of rotatable bonds is 6. The van der Waals surface area contributed by atoms with Gasteiger partial charge in [-0.05, 0) is 32.9 Å². The lowest BCUT2D eigenvalue weighted by molar-refractivity contribution is -1.02. The normalized spacial score (nSPS) is 22.4. The predicted octanol–water partition coefficient (Wildman–Crippen LogP) is -1.19. The molecule has 23 heavy (non-hydrogen) atoms. The molecule has 0 bridgehead atoms. The monoisotopic (exact) mass is 321 g/mol. The number of ether oxygens (including phenoxy) is 1. The molecule has 0 aliphatic carbocycles. The maximum Gasteiger partial charge on any atom is 0.278 e. The van der Waals surface area contributed by atoms with Crippen LogP contribution in [-0.2, 0) is 11.3 Å². The maximum absolute atomic E-state index is 12.0. The largest absolute Gasteiger partial charge is 0.496 e. The van der Waals surface area contributed by atoms with Crippen molar-refractivity contribution in [2.75, 3.05) is 39.8 Å². The molecule has 1 aromatic rings. The summed E-state index contributed by atoms with van der Waals surface area (Å²) in [7, 11) is 1.74. The number of quaternary nitrogens is 2. The van der Waals surface area contributed by atoms with Crippen LogP contribution in [0.1, 0.15) is 25.0 Å². The van der Waals surface area contributed by atoms with Gasteiger partial charge in [0.2, 0.25) is 0 Å². The first-order valence-corrected chi connectivity index (χ1v) is 8.64. The van der Waals surface area contributed by atoms with Gasteiger partial charge in [0.1, 0.15) is 38.5 Å². The number of benzene rings is 1. The number of carbonyl (C=O) groups is 1. The number of carbonyl (C=O) groups excluding carboxylic acids is 1. The van der Waals surface area contributed by atoms with Gasteiger partial charge in [-0.25, -0.2) is 0 Å². The highest BCUT2D eigenvalue weighted by Gasteiger charge is 2.30. The summed E-state index contributed by atoms with van der Waals surface area (Å²) in [5.74, 6) is 1.15. The van der Waals surface area contributed by atoms with Crippen LogP contribution in [0.5, 0.6) is 5.75 Å². The van der Waals surface area contributed by atoms with Crippen LogP contribution in [0.3, 0.4) is 0 Å². The van der Waals surface area contributed by atoms with Crippen LogP contribution in [0.4, 0.5) is 0 Å². The molecule has 5 nitrogen and oxygen atoms in total.